The average Bonchev–Trinajstić information content (AvgIpc) is 3.08. The number of rotatable bonds is 4. The summed E-state index contributed by atoms with van der Waals surface area (Å²) in [4.78, 5) is 12.3. The van der Waals surface area contributed by atoms with Crippen molar-refractivity contribution in [3.8, 4) is 11.4 Å². The summed E-state index contributed by atoms with van der Waals surface area (Å²) in [6, 6.07) is 7.73. The number of amides is 1. The Morgan fingerprint density at radius 1 is 1.43 bits per heavy atom. The minimum Gasteiger partial charge on any atom is -0.391 e. The second-order valence-corrected chi connectivity index (χ2v) is 6.36. The maximum Gasteiger partial charge on any atom is 0.240 e. The van der Waals surface area contributed by atoms with Gasteiger partial charge in [-0.15, -0.1) is 0 Å². The molecular formula is C16H20N4O2S. The highest BCUT2D eigenvalue weighted by atomic mass is 32.1. The fourth-order valence-electron chi connectivity index (χ4n) is 2.89. The number of carbonyl (C=O) groups is 1. The smallest absolute Gasteiger partial charge is 0.240 e. The second kappa shape index (κ2) is 6.64. The molecule has 2 atom stereocenters. The highest BCUT2D eigenvalue weighted by Gasteiger charge is 2.26. The van der Waals surface area contributed by atoms with E-state index in [1.54, 1.807) is 4.57 Å². The van der Waals surface area contributed by atoms with Crippen LogP contribution in [0.4, 0.5) is 0 Å². The van der Waals surface area contributed by atoms with Gasteiger partial charge in [-0.3, -0.25) is 14.5 Å². The lowest BCUT2D eigenvalue weighted by Crippen LogP contribution is -2.41. The van der Waals surface area contributed by atoms with E-state index in [9.17, 15) is 9.90 Å². The van der Waals surface area contributed by atoms with Crippen molar-refractivity contribution in [1.82, 2.24) is 20.1 Å². The van der Waals surface area contributed by atoms with E-state index in [0.29, 0.717) is 10.6 Å². The van der Waals surface area contributed by atoms with E-state index in [-0.39, 0.29) is 18.5 Å². The Morgan fingerprint density at radius 2 is 2.17 bits per heavy atom. The minimum atomic E-state index is -0.451. The van der Waals surface area contributed by atoms with Crippen LogP contribution < -0.4 is 5.32 Å². The van der Waals surface area contributed by atoms with Gasteiger partial charge in [-0.1, -0.05) is 29.8 Å². The molecule has 0 aliphatic heterocycles. The van der Waals surface area contributed by atoms with Gasteiger partial charge in [-0.25, -0.2) is 0 Å². The Labute approximate surface area is 139 Å². The average molecular weight is 332 g/mol. The van der Waals surface area contributed by atoms with E-state index in [1.165, 1.54) is 0 Å². The van der Waals surface area contributed by atoms with Gasteiger partial charge >= 0.3 is 0 Å². The molecule has 122 valence electrons. The Hall–Kier alpha value is -1.99. The predicted octanol–water partition coefficient (Wildman–Crippen LogP) is 1.95. The molecule has 6 nitrogen and oxygen atoms in total. The molecule has 0 spiro atoms. The third-order valence-corrected chi connectivity index (χ3v) is 4.51. The Balaban J connectivity index is 1.77. The summed E-state index contributed by atoms with van der Waals surface area (Å²) in [6.45, 7) is 2.10. The molecule has 3 rings (SSSR count). The number of H-pyrrole nitrogens is 1. The van der Waals surface area contributed by atoms with Crippen molar-refractivity contribution in [2.24, 2.45) is 0 Å². The molecule has 1 saturated carbocycles. The molecule has 1 fully saturated rings. The molecule has 0 unspecified atom stereocenters. The summed E-state index contributed by atoms with van der Waals surface area (Å²) in [5.74, 6) is 0.471. The summed E-state index contributed by atoms with van der Waals surface area (Å²) in [7, 11) is 0. The lowest BCUT2D eigenvalue weighted by molar-refractivity contribution is -0.123. The number of nitrogens with zero attached hydrogens (tertiary/aromatic N) is 2. The first kappa shape index (κ1) is 15.9. The zero-order valence-electron chi connectivity index (χ0n) is 13.0. The number of aryl methyl sites for hydroxylation is 1. The number of aliphatic hydroxyl groups is 1. The first-order valence-electron chi connectivity index (χ1n) is 7.74. The molecule has 2 aromatic rings. The van der Waals surface area contributed by atoms with Crippen molar-refractivity contribution in [3.63, 3.8) is 0 Å². The molecule has 0 saturated heterocycles. The zero-order chi connectivity index (χ0) is 16.4. The van der Waals surface area contributed by atoms with Crippen molar-refractivity contribution >= 4 is 18.1 Å². The minimum absolute atomic E-state index is 0.0851. The maximum atomic E-state index is 12.3. The molecule has 1 heterocycles. The van der Waals surface area contributed by atoms with Crippen LogP contribution in [0.3, 0.4) is 0 Å². The summed E-state index contributed by atoms with van der Waals surface area (Å²) in [5.41, 5.74) is 2.05. The van der Waals surface area contributed by atoms with Crippen molar-refractivity contribution in [2.75, 3.05) is 0 Å². The van der Waals surface area contributed by atoms with Gasteiger partial charge in [0.1, 0.15) is 6.54 Å². The van der Waals surface area contributed by atoms with Crippen LogP contribution in [0.25, 0.3) is 11.4 Å². The first-order chi connectivity index (χ1) is 11.0. The molecule has 1 aromatic heterocycles. The van der Waals surface area contributed by atoms with Crippen LogP contribution in [0.1, 0.15) is 24.8 Å². The highest BCUT2D eigenvalue weighted by molar-refractivity contribution is 7.71. The third-order valence-electron chi connectivity index (χ3n) is 4.20. The maximum absolute atomic E-state index is 12.3. The summed E-state index contributed by atoms with van der Waals surface area (Å²) in [6.07, 6.45) is 2.04. The quantitative estimate of drug-likeness (QED) is 0.747. The number of carbonyl (C=O) groups excluding carboxylic acids is 1. The van der Waals surface area contributed by atoms with Crippen LogP contribution in [-0.2, 0) is 11.3 Å². The Kier molecular flexibility index (Phi) is 4.58. The monoisotopic (exact) mass is 332 g/mol. The number of aromatic amines is 1. The number of hydrogen-bond acceptors (Lipinski definition) is 4. The van der Waals surface area contributed by atoms with Crippen molar-refractivity contribution < 1.29 is 9.90 Å². The lowest BCUT2D eigenvalue weighted by Gasteiger charge is -2.17. The molecule has 1 aliphatic carbocycles. The molecule has 3 N–H and O–H groups in total. The van der Waals surface area contributed by atoms with Crippen molar-refractivity contribution in [2.45, 2.75) is 44.9 Å². The molecule has 7 heteroatoms. The van der Waals surface area contributed by atoms with Crippen LogP contribution in [0.5, 0.6) is 0 Å². The highest BCUT2D eigenvalue weighted by Crippen LogP contribution is 2.20. The van der Waals surface area contributed by atoms with Crippen LogP contribution >= 0.6 is 12.2 Å². The summed E-state index contributed by atoms with van der Waals surface area (Å²) < 4.78 is 2.08. The van der Waals surface area contributed by atoms with Gasteiger partial charge in [0, 0.05) is 5.56 Å². The van der Waals surface area contributed by atoms with Gasteiger partial charge in [-0.05, 0) is 38.4 Å². The molecule has 23 heavy (non-hydrogen) atoms. The summed E-state index contributed by atoms with van der Waals surface area (Å²) in [5, 5.41) is 19.7. The van der Waals surface area contributed by atoms with Gasteiger partial charge in [0.15, 0.2) is 10.6 Å². The topological polar surface area (TPSA) is 82.9 Å². The number of aromatic nitrogens is 3. The number of aliphatic hydroxyl groups excluding tert-OH is 1. The van der Waals surface area contributed by atoms with Crippen LogP contribution in [0, 0.1) is 11.7 Å². The van der Waals surface area contributed by atoms with E-state index >= 15 is 0 Å². The molecular weight excluding hydrogens is 312 g/mol. The molecule has 0 bridgehead atoms. The van der Waals surface area contributed by atoms with Crippen molar-refractivity contribution in [3.05, 3.63) is 34.6 Å². The SMILES string of the molecule is Cc1ccc(-c2n[nH]c(=S)n2CC(=O)N[C@@H]2CCC[C@H]2O)cc1. The normalized spacial score (nSPS) is 20.6. The van der Waals surface area contributed by atoms with E-state index < -0.39 is 6.10 Å². The largest absolute Gasteiger partial charge is 0.391 e. The van der Waals surface area contributed by atoms with Gasteiger partial charge < -0.3 is 10.4 Å². The van der Waals surface area contributed by atoms with Crippen LogP contribution in [-0.4, -0.2) is 37.9 Å². The summed E-state index contributed by atoms with van der Waals surface area (Å²) >= 11 is 5.24. The zero-order valence-corrected chi connectivity index (χ0v) is 13.8. The van der Waals surface area contributed by atoms with Gasteiger partial charge in [0.05, 0.1) is 12.1 Å². The lowest BCUT2D eigenvalue weighted by atomic mass is 10.1. The van der Waals surface area contributed by atoms with Gasteiger partial charge in [0.2, 0.25) is 5.91 Å². The van der Waals surface area contributed by atoms with Crippen LogP contribution in [0.2, 0.25) is 0 Å². The van der Waals surface area contributed by atoms with Gasteiger partial charge in [0.25, 0.3) is 0 Å². The first-order valence-corrected chi connectivity index (χ1v) is 8.15. The van der Waals surface area contributed by atoms with E-state index in [1.807, 2.05) is 31.2 Å². The van der Waals surface area contributed by atoms with E-state index in [4.69, 9.17) is 12.2 Å². The Morgan fingerprint density at radius 3 is 2.83 bits per heavy atom. The standard InChI is InChI=1S/C16H20N4O2S/c1-10-5-7-11(8-6-10)15-18-19-16(23)20(15)9-14(22)17-12-3-2-4-13(12)21/h5-8,12-13,21H,2-4,9H2,1H3,(H,17,22)(H,19,23)/t12-,13-/m1/s1. The number of hydrogen-bond donors (Lipinski definition) is 3. The number of benzene rings is 1. The second-order valence-electron chi connectivity index (χ2n) is 5.98. The molecule has 0 radical (unpaired) electrons. The fourth-order valence-corrected chi connectivity index (χ4v) is 3.09. The van der Waals surface area contributed by atoms with Crippen LogP contribution in [0.15, 0.2) is 24.3 Å². The molecule has 1 aromatic carbocycles. The Bertz CT molecular complexity index is 750. The van der Waals surface area contributed by atoms with E-state index in [0.717, 1.165) is 30.4 Å². The van der Waals surface area contributed by atoms with Crippen molar-refractivity contribution in [1.29, 1.82) is 0 Å². The molecule has 1 amide bonds. The molecule has 1 aliphatic rings. The van der Waals surface area contributed by atoms with Gasteiger partial charge in [-0.2, -0.15) is 5.10 Å². The third kappa shape index (κ3) is 3.51. The predicted molar refractivity (Wildman–Crippen MR) is 89.4 cm³/mol. The van der Waals surface area contributed by atoms with E-state index in [2.05, 4.69) is 15.5 Å². The number of nitrogens with one attached hydrogen (secondary N) is 2. The fraction of sp³-hybridized carbons (Fsp3) is 0.438.